The van der Waals surface area contributed by atoms with Crippen LogP contribution in [-0.2, 0) is 6.54 Å². The summed E-state index contributed by atoms with van der Waals surface area (Å²) in [7, 11) is 0. The van der Waals surface area contributed by atoms with E-state index in [2.05, 4.69) is 15.0 Å². The van der Waals surface area contributed by atoms with E-state index in [1.165, 1.54) is 0 Å². The predicted molar refractivity (Wildman–Crippen MR) is 87.2 cm³/mol. The molecule has 3 aromatic rings. The summed E-state index contributed by atoms with van der Waals surface area (Å²) in [5.41, 5.74) is 8.02. The van der Waals surface area contributed by atoms with E-state index in [1.54, 1.807) is 24.7 Å². The molecule has 0 bridgehead atoms. The summed E-state index contributed by atoms with van der Waals surface area (Å²) < 4.78 is 1.99. The van der Waals surface area contributed by atoms with Gasteiger partial charge in [0.2, 0.25) is 0 Å². The van der Waals surface area contributed by atoms with Crippen molar-refractivity contribution in [2.24, 2.45) is 5.73 Å². The van der Waals surface area contributed by atoms with Gasteiger partial charge in [-0.15, -0.1) is 0 Å². The first-order chi connectivity index (χ1) is 10.1. The molecule has 106 valence electrons. The van der Waals surface area contributed by atoms with E-state index in [9.17, 15) is 0 Å². The lowest BCUT2D eigenvalue weighted by Gasteiger charge is -2.07. The highest BCUT2D eigenvalue weighted by molar-refractivity contribution is 7.80. The highest BCUT2D eigenvalue weighted by Gasteiger charge is 2.14. The number of nitrogens with two attached hydrogens (primary N) is 1. The number of aromatic nitrogens is 4. The van der Waals surface area contributed by atoms with Crippen LogP contribution in [0.3, 0.4) is 0 Å². The van der Waals surface area contributed by atoms with Gasteiger partial charge < -0.3 is 10.3 Å². The van der Waals surface area contributed by atoms with Crippen LogP contribution in [0.25, 0.3) is 22.6 Å². The first-order valence-electron chi connectivity index (χ1n) is 6.35. The van der Waals surface area contributed by atoms with E-state index in [4.69, 9.17) is 29.6 Å². The standard InChI is InChI=1S/C14H12ClN5S/c15-10-6-11-14(18-8-10)20(5-3-12(16)21)13(19-11)9-2-1-4-17-7-9/h1-2,4,6-8H,3,5H2,(H2,16,21). The second-order valence-electron chi connectivity index (χ2n) is 4.54. The van der Waals surface area contributed by atoms with Crippen molar-refractivity contribution >= 4 is 40.0 Å². The average Bonchev–Trinajstić information content (AvgIpc) is 2.83. The number of imidazole rings is 1. The Bertz CT molecular complexity index is 800. The van der Waals surface area contributed by atoms with Crippen LogP contribution in [0.1, 0.15) is 6.42 Å². The van der Waals surface area contributed by atoms with Crippen molar-refractivity contribution in [3.05, 3.63) is 41.8 Å². The molecule has 0 saturated carbocycles. The van der Waals surface area contributed by atoms with Gasteiger partial charge in [-0.05, 0) is 18.2 Å². The van der Waals surface area contributed by atoms with E-state index in [-0.39, 0.29) is 0 Å². The largest absolute Gasteiger partial charge is 0.393 e. The number of nitrogens with zero attached hydrogens (tertiary/aromatic N) is 4. The Balaban J connectivity index is 2.17. The Hall–Kier alpha value is -2.05. The maximum atomic E-state index is 5.99. The maximum absolute atomic E-state index is 5.99. The molecule has 3 aromatic heterocycles. The molecule has 3 heterocycles. The molecule has 0 unspecified atom stereocenters. The highest BCUT2D eigenvalue weighted by atomic mass is 35.5. The molecule has 21 heavy (non-hydrogen) atoms. The number of hydrogen-bond acceptors (Lipinski definition) is 4. The van der Waals surface area contributed by atoms with Crippen LogP contribution >= 0.6 is 23.8 Å². The molecule has 3 rings (SSSR count). The van der Waals surface area contributed by atoms with Crippen molar-refractivity contribution in [3.8, 4) is 11.4 Å². The molecule has 2 N–H and O–H groups in total. The molecule has 0 saturated heterocycles. The normalized spacial score (nSPS) is 10.9. The summed E-state index contributed by atoms with van der Waals surface area (Å²) in [5.74, 6) is 0.782. The number of rotatable bonds is 4. The molecule has 0 aliphatic carbocycles. The van der Waals surface area contributed by atoms with Gasteiger partial charge in [0, 0.05) is 37.1 Å². The zero-order chi connectivity index (χ0) is 14.8. The van der Waals surface area contributed by atoms with Crippen LogP contribution in [0.15, 0.2) is 36.8 Å². The van der Waals surface area contributed by atoms with Gasteiger partial charge in [0.05, 0.1) is 10.0 Å². The number of fused-ring (bicyclic) bond motifs is 1. The molecule has 0 fully saturated rings. The third-order valence-electron chi connectivity index (χ3n) is 3.05. The zero-order valence-electron chi connectivity index (χ0n) is 11.0. The topological polar surface area (TPSA) is 69.6 Å². The van der Waals surface area contributed by atoms with Gasteiger partial charge in [0.25, 0.3) is 0 Å². The minimum Gasteiger partial charge on any atom is -0.393 e. The smallest absolute Gasteiger partial charge is 0.160 e. The summed E-state index contributed by atoms with van der Waals surface area (Å²) in [6.45, 7) is 0.616. The molecule has 0 amide bonds. The van der Waals surface area contributed by atoms with E-state index in [0.29, 0.717) is 23.0 Å². The predicted octanol–water partition coefficient (Wildman–Crippen LogP) is 2.82. The van der Waals surface area contributed by atoms with Crippen LogP contribution in [0.5, 0.6) is 0 Å². The van der Waals surface area contributed by atoms with Crippen LogP contribution in [0.2, 0.25) is 5.02 Å². The van der Waals surface area contributed by atoms with Crippen LogP contribution < -0.4 is 5.73 Å². The molecular weight excluding hydrogens is 306 g/mol. The second kappa shape index (κ2) is 5.75. The van der Waals surface area contributed by atoms with E-state index < -0.39 is 0 Å². The van der Waals surface area contributed by atoms with Crippen molar-refractivity contribution in [3.63, 3.8) is 0 Å². The number of pyridine rings is 2. The summed E-state index contributed by atoms with van der Waals surface area (Å²) >= 11 is 11.0. The fourth-order valence-electron chi connectivity index (χ4n) is 2.14. The SMILES string of the molecule is NC(=S)CCn1c(-c2cccnc2)nc2cc(Cl)cnc21. The van der Waals surface area contributed by atoms with Gasteiger partial charge in [-0.3, -0.25) is 4.98 Å². The number of aryl methyl sites for hydroxylation is 1. The molecule has 0 aliphatic rings. The molecule has 7 heteroatoms. The minimum absolute atomic E-state index is 0.461. The van der Waals surface area contributed by atoms with Crippen LogP contribution in [-0.4, -0.2) is 24.5 Å². The number of halogens is 1. The first-order valence-corrected chi connectivity index (χ1v) is 7.14. The number of thiocarbonyl (C=S) groups is 1. The molecule has 0 radical (unpaired) electrons. The van der Waals surface area contributed by atoms with Crippen molar-refractivity contribution < 1.29 is 0 Å². The van der Waals surface area contributed by atoms with Crippen LogP contribution in [0.4, 0.5) is 0 Å². The average molecular weight is 318 g/mol. The first kappa shape index (κ1) is 13.9. The van der Waals surface area contributed by atoms with Crippen molar-refractivity contribution in [1.82, 2.24) is 19.5 Å². The van der Waals surface area contributed by atoms with E-state index in [1.807, 2.05) is 16.7 Å². The van der Waals surface area contributed by atoms with Crippen molar-refractivity contribution in [2.75, 3.05) is 0 Å². The Morgan fingerprint density at radius 3 is 2.95 bits per heavy atom. The van der Waals surface area contributed by atoms with Crippen LogP contribution in [0, 0.1) is 0 Å². The van der Waals surface area contributed by atoms with Gasteiger partial charge in [0.1, 0.15) is 11.3 Å². The molecule has 0 aliphatic heterocycles. The summed E-state index contributed by atoms with van der Waals surface area (Å²) in [5, 5.41) is 0.555. The maximum Gasteiger partial charge on any atom is 0.160 e. The Kier molecular flexibility index (Phi) is 3.81. The molecule has 0 spiro atoms. The Morgan fingerprint density at radius 2 is 2.24 bits per heavy atom. The summed E-state index contributed by atoms with van der Waals surface area (Å²) in [4.78, 5) is 13.6. The molecule has 0 aromatic carbocycles. The fraction of sp³-hybridized carbons (Fsp3) is 0.143. The Morgan fingerprint density at radius 1 is 1.38 bits per heavy atom. The Labute approximate surface area is 131 Å². The van der Waals surface area contributed by atoms with Gasteiger partial charge in [-0.2, -0.15) is 0 Å². The van der Waals surface area contributed by atoms with Gasteiger partial charge >= 0.3 is 0 Å². The summed E-state index contributed by atoms with van der Waals surface area (Å²) in [6, 6.07) is 5.61. The lowest BCUT2D eigenvalue weighted by atomic mass is 10.2. The molecule has 5 nitrogen and oxygen atoms in total. The van der Waals surface area contributed by atoms with E-state index in [0.717, 1.165) is 22.6 Å². The third kappa shape index (κ3) is 2.86. The summed E-state index contributed by atoms with van der Waals surface area (Å²) in [6.07, 6.45) is 5.68. The fourth-order valence-corrected chi connectivity index (χ4v) is 2.38. The monoisotopic (exact) mass is 317 g/mol. The van der Waals surface area contributed by atoms with Gasteiger partial charge in [-0.1, -0.05) is 23.8 Å². The molecule has 0 atom stereocenters. The highest BCUT2D eigenvalue weighted by Crippen LogP contribution is 2.25. The molecular formula is C14H12ClN5S. The quantitative estimate of drug-likeness (QED) is 0.749. The lowest BCUT2D eigenvalue weighted by molar-refractivity contribution is 0.749. The lowest BCUT2D eigenvalue weighted by Crippen LogP contribution is -2.12. The van der Waals surface area contributed by atoms with Crippen molar-refractivity contribution in [1.29, 1.82) is 0 Å². The van der Waals surface area contributed by atoms with E-state index >= 15 is 0 Å². The second-order valence-corrected chi connectivity index (χ2v) is 5.50. The third-order valence-corrected chi connectivity index (χ3v) is 3.46. The zero-order valence-corrected chi connectivity index (χ0v) is 12.6. The van der Waals surface area contributed by atoms with Gasteiger partial charge in [-0.25, -0.2) is 9.97 Å². The van der Waals surface area contributed by atoms with Crippen molar-refractivity contribution in [2.45, 2.75) is 13.0 Å². The van der Waals surface area contributed by atoms with Gasteiger partial charge in [0.15, 0.2) is 5.65 Å². The number of hydrogen-bond donors (Lipinski definition) is 1. The minimum atomic E-state index is 0.461.